The Morgan fingerprint density at radius 3 is 2.69 bits per heavy atom. The van der Waals surface area contributed by atoms with E-state index in [4.69, 9.17) is 4.42 Å². The van der Waals surface area contributed by atoms with Crippen molar-refractivity contribution < 1.29 is 9.21 Å². The number of hydrogen-bond acceptors (Lipinski definition) is 6. The van der Waals surface area contributed by atoms with Gasteiger partial charge in [-0.05, 0) is 30.3 Å². The lowest BCUT2D eigenvalue weighted by molar-refractivity contribution is 0.102. The van der Waals surface area contributed by atoms with Crippen LogP contribution in [0.1, 0.15) is 10.4 Å². The smallest absolute Gasteiger partial charge is 0.258 e. The maximum Gasteiger partial charge on any atom is 0.258 e. The van der Waals surface area contributed by atoms with Crippen LogP contribution in [0.25, 0.3) is 11.3 Å². The van der Waals surface area contributed by atoms with E-state index in [2.05, 4.69) is 20.6 Å². The van der Waals surface area contributed by atoms with Gasteiger partial charge in [0.2, 0.25) is 0 Å². The number of rotatable bonds is 5. The molecule has 1 amide bonds. The molecular weight excluding hydrogens is 348 g/mol. The van der Waals surface area contributed by atoms with E-state index in [1.165, 1.54) is 23.9 Å². The molecule has 0 fully saturated rings. The molecular formula is C19H14N4O2S. The normalized spacial score (nSPS) is 10.5. The maximum atomic E-state index is 12.0. The number of thiazole rings is 1. The average molecular weight is 362 g/mol. The van der Waals surface area contributed by atoms with E-state index < -0.39 is 0 Å². The lowest BCUT2D eigenvalue weighted by Gasteiger charge is -2.04. The molecule has 26 heavy (non-hydrogen) atoms. The average Bonchev–Trinajstić information content (AvgIpc) is 3.35. The number of pyridine rings is 1. The summed E-state index contributed by atoms with van der Waals surface area (Å²) in [6.07, 6.45) is 6.36. The number of carbonyl (C=O) groups is 1. The van der Waals surface area contributed by atoms with Gasteiger partial charge in [-0.2, -0.15) is 0 Å². The number of carbonyl (C=O) groups excluding carboxylic acids is 1. The van der Waals surface area contributed by atoms with Gasteiger partial charge in [0, 0.05) is 22.8 Å². The summed E-state index contributed by atoms with van der Waals surface area (Å²) in [5.41, 5.74) is 3.94. The van der Waals surface area contributed by atoms with Crippen LogP contribution in [-0.2, 0) is 0 Å². The van der Waals surface area contributed by atoms with Crippen molar-refractivity contribution in [3.05, 3.63) is 78.3 Å². The zero-order valence-corrected chi connectivity index (χ0v) is 14.4. The number of benzene rings is 1. The maximum absolute atomic E-state index is 12.0. The Hall–Kier alpha value is -3.45. The molecule has 6 nitrogen and oxygen atoms in total. The summed E-state index contributed by atoms with van der Waals surface area (Å²) >= 11 is 1.52. The van der Waals surface area contributed by atoms with Crippen LogP contribution in [0.4, 0.5) is 16.5 Å². The second-order valence-corrected chi connectivity index (χ2v) is 6.31. The van der Waals surface area contributed by atoms with Crippen molar-refractivity contribution in [2.75, 3.05) is 10.6 Å². The predicted molar refractivity (Wildman–Crippen MR) is 102 cm³/mol. The third-order valence-corrected chi connectivity index (χ3v) is 4.40. The van der Waals surface area contributed by atoms with Gasteiger partial charge in [-0.25, -0.2) is 4.98 Å². The van der Waals surface area contributed by atoms with Crippen molar-refractivity contribution in [2.45, 2.75) is 0 Å². The molecule has 0 unspecified atom stereocenters. The van der Waals surface area contributed by atoms with Gasteiger partial charge in [0.15, 0.2) is 5.13 Å². The van der Waals surface area contributed by atoms with Crippen molar-refractivity contribution in [1.29, 1.82) is 0 Å². The van der Waals surface area contributed by atoms with Crippen LogP contribution in [0.3, 0.4) is 0 Å². The van der Waals surface area contributed by atoms with Gasteiger partial charge in [0.05, 0.1) is 29.4 Å². The van der Waals surface area contributed by atoms with Gasteiger partial charge in [-0.15, -0.1) is 11.3 Å². The molecule has 2 N–H and O–H groups in total. The highest BCUT2D eigenvalue weighted by molar-refractivity contribution is 7.14. The van der Waals surface area contributed by atoms with Gasteiger partial charge < -0.3 is 15.1 Å². The van der Waals surface area contributed by atoms with E-state index in [-0.39, 0.29) is 5.91 Å². The molecule has 0 aliphatic heterocycles. The highest BCUT2D eigenvalue weighted by atomic mass is 32.1. The first kappa shape index (κ1) is 16.0. The van der Waals surface area contributed by atoms with Gasteiger partial charge in [0.1, 0.15) is 6.26 Å². The summed E-state index contributed by atoms with van der Waals surface area (Å²) in [4.78, 5) is 20.7. The van der Waals surface area contributed by atoms with Crippen LogP contribution in [0.5, 0.6) is 0 Å². The topological polar surface area (TPSA) is 80.0 Å². The number of hydrogen-bond donors (Lipinski definition) is 2. The molecule has 4 aromatic rings. The Bertz CT molecular complexity index is 996. The standard InChI is InChI=1S/C19H14N4O2S/c24-18(14-7-9-25-11-14)21-15-5-3-13(4-6-15)17-12-26-19(23-17)22-16-2-1-8-20-10-16/h1-12H,(H,21,24)(H,22,23). The van der Waals surface area contributed by atoms with Crippen molar-refractivity contribution in [3.63, 3.8) is 0 Å². The molecule has 0 bridgehead atoms. The molecule has 0 saturated heterocycles. The van der Waals surface area contributed by atoms with Gasteiger partial charge in [-0.3, -0.25) is 9.78 Å². The quantitative estimate of drug-likeness (QED) is 0.533. The third kappa shape index (κ3) is 3.62. The van der Waals surface area contributed by atoms with Gasteiger partial charge in [-0.1, -0.05) is 12.1 Å². The molecule has 0 aliphatic rings. The van der Waals surface area contributed by atoms with Crippen molar-refractivity contribution in [2.24, 2.45) is 0 Å². The molecule has 7 heteroatoms. The van der Waals surface area contributed by atoms with Crippen LogP contribution in [0.15, 0.2) is 77.2 Å². The Kier molecular flexibility index (Phi) is 4.44. The highest BCUT2D eigenvalue weighted by Gasteiger charge is 2.08. The summed E-state index contributed by atoms with van der Waals surface area (Å²) in [6, 6.07) is 13.0. The minimum atomic E-state index is -0.205. The highest BCUT2D eigenvalue weighted by Crippen LogP contribution is 2.27. The van der Waals surface area contributed by atoms with Crippen LogP contribution in [0, 0.1) is 0 Å². The molecule has 0 spiro atoms. The number of nitrogens with zero attached hydrogens (tertiary/aromatic N) is 2. The first-order valence-corrected chi connectivity index (χ1v) is 8.72. The molecule has 0 aliphatic carbocycles. The zero-order chi connectivity index (χ0) is 17.8. The molecule has 4 rings (SSSR count). The van der Waals surface area contributed by atoms with E-state index in [0.29, 0.717) is 11.3 Å². The van der Waals surface area contributed by atoms with Crippen LogP contribution in [0.2, 0.25) is 0 Å². The summed E-state index contributed by atoms with van der Waals surface area (Å²) in [5, 5.41) is 8.83. The van der Waals surface area contributed by atoms with E-state index >= 15 is 0 Å². The fourth-order valence-corrected chi connectivity index (χ4v) is 3.09. The Morgan fingerprint density at radius 2 is 1.96 bits per heavy atom. The van der Waals surface area contributed by atoms with Crippen LogP contribution in [-0.4, -0.2) is 15.9 Å². The van der Waals surface area contributed by atoms with Crippen LogP contribution >= 0.6 is 11.3 Å². The minimum Gasteiger partial charge on any atom is -0.472 e. The number of amides is 1. The Balaban J connectivity index is 1.44. The van der Waals surface area contributed by atoms with E-state index in [9.17, 15) is 4.79 Å². The Morgan fingerprint density at radius 1 is 1.08 bits per heavy atom. The predicted octanol–water partition coefficient (Wildman–Crippen LogP) is 4.79. The van der Waals surface area contributed by atoms with Crippen molar-refractivity contribution >= 4 is 33.8 Å². The summed E-state index contributed by atoms with van der Waals surface area (Å²) in [6.45, 7) is 0. The number of aromatic nitrogens is 2. The van der Waals surface area contributed by atoms with Gasteiger partial charge >= 0.3 is 0 Å². The molecule has 0 saturated carbocycles. The molecule has 3 heterocycles. The zero-order valence-electron chi connectivity index (χ0n) is 13.5. The second-order valence-electron chi connectivity index (χ2n) is 5.45. The molecule has 128 valence electrons. The SMILES string of the molecule is O=C(Nc1ccc(-c2csc(Nc3cccnc3)n2)cc1)c1ccoc1. The second kappa shape index (κ2) is 7.20. The molecule has 0 atom stereocenters. The summed E-state index contributed by atoms with van der Waals surface area (Å²) < 4.78 is 4.92. The number of nitrogens with one attached hydrogen (secondary N) is 2. The van der Waals surface area contributed by atoms with Crippen molar-refractivity contribution in [3.8, 4) is 11.3 Å². The number of anilines is 3. The summed E-state index contributed by atoms with van der Waals surface area (Å²) in [7, 11) is 0. The van der Waals surface area contributed by atoms with E-state index in [0.717, 1.165) is 22.1 Å². The first-order valence-electron chi connectivity index (χ1n) is 7.84. The monoisotopic (exact) mass is 362 g/mol. The lowest BCUT2D eigenvalue weighted by Crippen LogP contribution is -2.10. The fraction of sp³-hybridized carbons (Fsp3) is 0. The van der Waals surface area contributed by atoms with E-state index in [1.807, 2.05) is 41.8 Å². The molecule has 1 aromatic carbocycles. The number of furan rings is 1. The van der Waals surface area contributed by atoms with Gasteiger partial charge in [0.25, 0.3) is 5.91 Å². The van der Waals surface area contributed by atoms with Crippen LogP contribution < -0.4 is 10.6 Å². The summed E-state index contributed by atoms with van der Waals surface area (Å²) in [5.74, 6) is -0.205. The van der Waals surface area contributed by atoms with E-state index in [1.54, 1.807) is 18.5 Å². The lowest BCUT2D eigenvalue weighted by atomic mass is 10.1. The largest absolute Gasteiger partial charge is 0.472 e. The minimum absolute atomic E-state index is 0.205. The molecule has 3 aromatic heterocycles. The fourth-order valence-electron chi connectivity index (χ4n) is 2.35. The Labute approximate surface area is 153 Å². The third-order valence-electron chi connectivity index (χ3n) is 3.64. The molecule has 0 radical (unpaired) electrons. The van der Waals surface area contributed by atoms with Crippen molar-refractivity contribution in [1.82, 2.24) is 9.97 Å². The first-order chi connectivity index (χ1) is 12.8.